The number of carbonyl (C=O) groups excluding carboxylic acids is 1. The first-order chi connectivity index (χ1) is 9.08. The van der Waals surface area contributed by atoms with Crippen molar-refractivity contribution in [3.05, 3.63) is 11.7 Å². The molecule has 1 aliphatic rings. The Balaban J connectivity index is 1.79. The number of amides is 2. The van der Waals surface area contributed by atoms with Gasteiger partial charge in [-0.1, -0.05) is 5.16 Å². The van der Waals surface area contributed by atoms with Crippen LogP contribution >= 0.6 is 11.8 Å². The molecular weight excluding hydrogens is 272 g/mol. The van der Waals surface area contributed by atoms with E-state index in [9.17, 15) is 9.59 Å². The minimum Gasteiger partial charge on any atom is -0.480 e. The number of aryl methyl sites for hydroxylation is 1. The lowest BCUT2D eigenvalue weighted by molar-refractivity contribution is -0.140. The molecule has 2 N–H and O–H groups in total. The molecule has 2 heterocycles. The quantitative estimate of drug-likeness (QED) is 0.807. The Bertz CT molecular complexity index is 478. The van der Waals surface area contributed by atoms with E-state index >= 15 is 0 Å². The molecule has 8 nitrogen and oxygen atoms in total. The molecule has 104 valence electrons. The molecule has 2 amide bonds. The van der Waals surface area contributed by atoms with Crippen molar-refractivity contribution in [1.82, 2.24) is 20.4 Å². The van der Waals surface area contributed by atoms with E-state index in [4.69, 9.17) is 9.63 Å². The van der Waals surface area contributed by atoms with Crippen LogP contribution in [0.25, 0.3) is 0 Å². The van der Waals surface area contributed by atoms with Gasteiger partial charge in [-0.05, 0) is 6.92 Å². The Morgan fingerprint density at radius 1 is 1.63 bits per heavy atom. The normalized spacial score (nSPS) is 18.6. The largest absolute Gasteiger partial charge is 0.480 e. The molecule has 1 aromatic rings. The minimum atomic E-state index is -0.979. The minimum absolute atomic E-state index is 0.327. The van der Waals surface area contributed by atoms with Crippen molar-refractivity contribution in [2.45, 2.75) is 19.4 Å². The molecule has 1 atom stereocenters. The number of urea groups is 1. The second-order valence-corrected chi connectivity index (χ2v) is 5.04. The number of aromatic nitrogens is 2. The first-order valence-corrected chi connectivity index (χ1v) is 6.87. The molecule has 1 aliphatic heterocycles. The third-order valence-corrected chi connectivity index (χ3v) is 3.63. The molecule has 0 unspecified atom stereocenters. The fraction of sp³-hybridized carbons (Fsp3) is 0.600. The number of nitrogens with zero attached hydrogens (tertiary/aromatic N) is 3. The summed E-state index contributed by atoms with van der Waals surface area (Å²) in [5.41, 5.74) is 0. The molecule has 2 rings (SSSR count). The molecule has 0 aromatic carbocycles. The number of hydrogen-bond donors (Lipinski definition) is 2. The lowest BCUT2D eigenvalue weighted by Crippen LogP contribution is -2.47. The van der Waals surface area contributed by atoms with Gasteiger partial charge in [0.2, 0.25) is 5.89 Å². The Morgan fingerprint density at radius 3 is 3.05 bits per heavy atom. The van der Waals surface area contributed by atoms with Crippen molar-refractivity contribution in [3.63, 3.8) is 0 Å². The van der Waals surface area contributed by atoms with Crippen molar-refractivity contribution < 1.29 is 19.2 Å². The number of rotatable bonds is 4. The standard InChI is InChI=1S/C10H14N4O4S/c1-6-12-8(18-13-6)2-3-11-10(17)14-5-19-4-7(14)9(15)16/h7H,2-5H2,1H3,(H,11,17)(H,15,16)/t7-/m0/s1. The first-order valence-electron chi connectivity index (χ1n) is 5.72. The number of aliphatic carboxylic acids is 1. The van der Waals surface area contributed by atoms with Gasteiger partial charge in [-0.2, -0.15) is 4.98 Å². The lowest BCUT2D eigenvalue weighted by Gasteiger charge is -2.20. The molecule has 9 heteroatoms. The summed E-state index contributed by atoms with van der Waals surface area (Å²) in [4.78, 5) is 28.1. The third kappa shape index (κ3) is 3.37. The predicted octanol–water partition coefficient (Wildman–Crippen LogP) is 0.0896. The maximum Gasteiger partial charge on any atom is 0.327 e. The number of thioether (sulfide) groups is 1. The van der Waals surface area contributed by atoms with Crippen molar-refractivity contribution in [1.29, 1.82) is 0 Å². The fourth-order valence-electron chi connectivity index (χ4n) is 1.67. The molecule has 1 aromatic heterocycles. The summed E-state index contributed by atoms with van der Waals surface area (Å²) in [7, 11) is 0. The van der Waals surface area contributed by atoms with Crippen molar-refractivity contribution in [2.75, 3.05) is 18.2 Å². The summed E-state index contributed by atoms with van der Waals surface area (Å²) in [5.74, 6) is 0.827. The van der Waals surface area contributed by atoms with E-state index < -0.39 is 12.0 Å². The van der Waals surface area contributed by atoms with Gasteiger partial charge >= 0.3 is 12.0 Å². The van der Waals surface area contributed by atoms with Crippen LogP contribution in [0.4, 0.5) is 4.79 Å². The summed E-state index contributed by atoms with van der Waals surface area (Å²) >= 11 is 1.42. The van der Waals surface area contributed by atoms with Gasteiger partial charge in [0, 0.05) is 18.7 Å². The van der Waals surface area contributed by atoms with Gasteiger partial charge in [-0.3, -0.25) is 0 Å². The highest BCUT2D eigenvalue weighted by Crippen LogP contribution is 2.20. The molecule has 0 spiro atoms. The Morgan fingerprint density at radius 2 is 2.42 bits per heavy atom. The molecule has 19 heavy (non-hydrogen) atoms. The van der Waals surface area contributed by atoms with Gasteiger partial charge in [0.1, 0.15) is 6.04 Å². The smallest absolute Gasteiger partial charge is 0.327 e. The van der Waals surface area contributed by atoms with Crippen LogP contribution < -0.4 is 5.32 Å². The fourth-order valence-corrected chi connectivity index (χ4v) is 2.81. The zero-order valence-electron chi connectivity index (χ0n) is 10.3. The van der Waals surface area contributed by atoms with E-state index in [1.54, 1.807) is 6.92 Å². The van der Waals surface area contributed by atoms with Gasteiger partial charge < -0.3 is 19.8 Å². The van der Waals surface area contributed by atoms with Crippen LogP contribution in [0.1, 0.15) is 11.7 Å². The van der Waals surface area contributed by atoms with Crippen LogP contribution in [0.2, 0.25) is 0 Å². The number of hydrogen-bond acceptors (Lipinski definition) is 6. The number of carbonyl (C=O) groups is 2. The van der Waals surface area contributed by atoms with E-state index in [-0.39, 0.29) is 6.03 Å². The second-order valence-electron chi connectivity index (χ2n) is 4.04. The van der Waals surface area contributed by atoms with Crippen LogP contribution in [0.3, 0.4) is 0 Å². The zero-order valence-corrected chi connectivity index (χ0v) is 11.1. The highest BCUT2D eigenvalue weighted by molar-refractivity contribution is 7.99. The lowest BCUT2D eigenvalue weighted by atomic mass is 10.3. The zero-order chi connectivity index (χ0) is 13.8. The first kappa shape index (κ1) is 13.7. The molecular formula is C10H14N4O4S. The van der Waals surface area contributed by atoms with Gasteiger partial charge in [-0.25, -0.2) is 9.59 Å². The Labute approximate surface area is 113 Å². The number of carboxylic acid groups (broad SMARTS) is 1. The van der Waals surface area contributed by atoms with E-state index in [1.165, 1.54) is 16.7 Å². The maximum absolute atomic E-state index is 11.8. The summed E-state index contributed by atoms with van der Waals surface area (Å²) in [5, 5.41) is 15.3. The average molecular weight is 286 g/mol. The molecule has 1 fully saturated rings. The van der Waals surface area contributed by atoms with Gasteiger partial charge in [0.05, 0.1) is 5.88 Å². The van der Waals surface area contributed by atoms with Crippen LogP contribution in [0.5, 0.6) is 0 Å². The Hall–Kier alpha value is -1.77. The molecule has 0 saturated carbocycles. The van der Waals surface area contributed by atoms with E-state index in [1.807, 2.05) is 0 Å². The SMILES string of the molecule is Cc1noc(CCNC(=O)N2CSC[C@H]2C(=O)O)n1. The topological polar surface area (TPSA) is 109 Å². The molecule has 0 radical (unpaired) electrons. The summed E-state index contributed by atoms with van der Waals surface area (Å²) in [6.07, 6.45) is 0.422. The van der Waals surface area contributed by atoms with Crippen molar-refractivity contribution in [2.24, 2.45) is 0 Å². The molecule has 1 saturated heterocycles. The van der Waals surface area contributed by atoms with Crippen LogP contribution in [-0.2, 0) is 11.2 Å². The number of carboxylic acids is 1. The van der Waals surface area contributed by atoms with Gasteiger partial charge in [-0.15, -0.1) is 11.8 Å². The highest BCUT2D eigenvalue weighted by Gasteiger charge is 2.34. The third-order valence-electron chi connectivity index (χ3n) is 2.61. The predicted molar refractivity (Wildman–Crippen MR) is 66.7 cm³/mol. The van der Waals surface area contributed by atoms with E-state index in [0.717, 1.165) is 0 Å². The number of nitrogens with one attached hydrogen (secondary N) is 1. The van der Waals surface area contributed by atoms with Crippen LogP contribution in [0.15, 0.2) is 4.52 Å². The van der Waals surface area contributed by atoms with Gasteiger partial charge in [0.25, 0.3) is 0 Å². The van der Waals surface area contributed by atoms with Gasteiger partial charge in [0.15, 0.2) is 5.82 Å². The molecule has 0 bridgehead atoms. The second kappa shape index (κ2) is 5.91. The maximum atomic E-state index is 11.8. The van der Waals surface area contributed by atoms with E-state index in [0.29, 0.717) is 36.3 Å². The van der Waals surface area contributed by atoms with E-state index in [2.05, 4.69) is 15.5 Å². The summed E-state index contributed by atoms with van der Waals surface area (Å²) in [6, 6.07) is -1.13. The van der Waals surface area contributed by atoms with Crippen LogP contribution in [-0.4, -0.2) is 56.4 Å². The van der Waals surface area contributed by atoms with Crippen molar-refractivity contribution in [3.8, 4) is 0 Å². The Kier molecular flexibility index (Phi) is 4.25. The monoisotopic (exact) mass is 286 g/mol. The molecule has 0 aliphatic carbocycles. The summed E-state index contributed by atoms with van der Waals surface area (Å²) < 4.78 is 4.91. The van der Waals surface area contributed by atoms with Crippen molar-refractivity contribution >= 4 is 23.8 Å². The van der Waals surface area contributed by atoms with Crippen LogP contribution in [0, 0.1) is 6.92 Å². The highest BCUT2D eigenvalue weighted by atomic mass is 32.2. The summed E-state index contributed by atoms with van der Waals surface area (Å²) in [6.45, 7) is 2.04. The average Bonchev–Trinajstić information content (AvgIpc) is 2.97.